The standard InChI is InChI=1S/C13H12F2N2O/c1-18-13-4-2-3-11(17-13)8-16-12-6-9(14)5-10(15)7-12/h2-7,16H,8H2,1H3. The van der Waals surface area contributed by atoms with Gasteiger partial charge in [-0.05, 0) is 18.2 Å². The Morgan fingerprint density at radius 2 is 1.89 bits per heavy atom. The molecule has 0 bridgehead atoms. The lowest BCUT2D eigenvalue weighted by Gasteiger charge is -2.07. The molecule has 1 N–H and O–H groups in total. The van der Waals surface area contributed by atoms with Gasteiger partial charge in [0.2, 0.25) is 5.88 Å². The number of benzene rings is 1. The second-order valence-corrected chi connectivity index (χ2v) is 3.68. The third-order valence-corrected chi connectivity index (χ3v) is 2.33. The average molecular weight is 250 g/mol. The van der Waals surface area contributed by atoms with E-state index >= 15 is 0 Å². The van der Waals surface area contributed by atoms with E-state index in [-0.39, 0.29) is 0 Å². The van der Waals surface area contributed by atoms with E-state index in [1.165, 1.54) is 19.2 Å². The summed E-state index contributed by atoms with van der Waals surface area (Å²) in [4.78, 5) is 4.18. The predicted molar refractivity (Wildman–Crippen MR) is 64.5 cm³/mol. The molecule has 0 amide bonds. The minimum atomic E-state index is -0.615. The first-order valence-corrected chi connectivity index (χ1v) is 5.37. The van der Waals surface area contributed by atoms with E-state index in [1.807, 2.05) is 0 Å². The second-order valence-electron chi connectivity index (χ2n) is 3.68. The minimum absolute atomic E-state index is 0.361. The number of nitrogens with one attached hydrogen (secondary N) is 1. The molecule has 0 spiro atoms. The van der Waals surface area contributed by atoms with Gasteiger partial charge in [-0.1, -0.05) is 6.07 Å². The molecule has 0 radical (unpaired) electrons. The van der Waals surface area contributed by atoms with Crippen molar-refractivity contribution in [2.24, 2.45) is 0 Å². The summed E-state index contributed by atoms with van der Waals surface area (Å²) in [5.41, 5.74) is 1.09. The zero-order valence-electron chi connectivity index (χ0n) is 9.78. The van der Waals surface area contributed by atoms with Gasteiger partial charge < -0.3 is 10.1 Å². The van der Waals surface area contributed by atoms with Crippen LogP contribution in [0.25, 0.3) is 0 Å². The molecule has 0 aliphatic carbocycles. The molecule has 0 saturated heterocycles. The summed E-state index contributed by atoms with van der Waals surface area (Å²) in [5, 5.41) is 2.90. The molecule has 1 aromatic carbocycles. The molecule has 2 aromatic rings. The fraction of sp³-hybridized carbons (Fsp3) is 0.154. The van der Waals surface area contributed by atoms with Crippen LogP contribution in [-0.4, -0.2) is 12.1 Å². The Morgan fingerprint density at radius 3 is 2.56 bits per heavy atom. The normalized spacial score (nSPS) is 10.2. The SMILES string of the molecule is COc1cccc(CNc2cc(F)cc(F)c2)n1. The van der Waals surface area contributed by atoms with Crippen LogP contribution in [0.3, 0.4) is 0 Å². The summed E-state index contributed by atoms with van der Waals surface area (Å²) < 4.78 is 30.9. The van der Waals surface area contributed by atoms with Crippen LogP contribution >= 0.6 is 0 Å². The third kappa shape index (κ3) is 3.16. The molecule has 1 heterocycles. The molecule has 0 aliphatic heterocycles. The van der Waals surface area contributed by atoms with Gasteiger partial charge in [-0.25, -0.2) is 13.8 Å². The van der Waals surface area contributed by atoms with E-state index in [4.69, 9.17) is 4.74 Å². The van der Waals surface area contributed by atoms with Crippen molar-refractivity contribution in [2.75, 3.05) is 12.4 Å². The predicted octanol–water partition coefficient (Wildman–Crippen LogP) is 2.98. The van der Waals surface area contributed by atoms with Crippen molar-refractivity contribution in [1.82, 2.24) is 4.98 Å². The highest BCUT2D eigenvalue weighted by Gasteiger charge is 2.01. The number of aromatic nitrogens is 1. The molecule has 1 aromatic heterocycles. The van der Waals surface area contributed by atoms with Crippen LogP contribution in [0.5, 0.6) is 5.88 Å². The zero-order valence-corrected chi connectivity index (χ0v) is 9.78. The maximum atomic E-state index is 13.0. The maximum Gasteiger partial charge on any atom is 0.213 e. The first-order valence-electron chi connectivity index (χ1n) is 5.37. The Balaban J connectivity index is 2.06. The fourth-order valence-electron chi connectivity index (χ4n) is 1.52. The van der Waals surface area contributed by atoms with Crippen molar-refractivity contribution < 1.29 is 13.5 Å². The topological polar surface area (TPSA) is 34.1 Å². The maximum absolute atomic E-state index is 13.0. The quantitative estimate of drug-likeness (QED) is 0.905. The Morgan fingerprint density at radius 1 is 1.17 bits per heavy atom. The number of pyridine rings is 1. The number of hydrogen-bond acceptors (Lipinski definition) is 3. The highest BCUT2D eigenvalue weighted by molar-refractivity contribution is 5.44. The van der Waals surface area contributed by atoms with Crippen molar-refractivity contribution in [2.45, 2.75) is 6.54 Å². The Kier molecular flexibility index (Phi) is 3.72. The van der Waals surface area contributed by atoms with E-state index in [9.17, 15) is 8.78 Å². The number of nitrogens with zero attached hydrogens (tertiary/aromatic N) is 1. The Bertz CT molecular complexity index is 526. The molecule has 18 heavy (non-hydrogen) atoms. The van der Waals surface area contributed by atoms with Crippen molar-refractivity contribution in [3.05, 3.63) is 53.7 Å². The average Bonchev–Trinajstić information content (AvgIpc) is 2.35. The van der Waals surface area contributed by atoms with Crippen molar-refractivity contribution in [1.29, 1.82) is 0 Å². The number of anilines is 1. The number of ether oxygens (including phenoxy) is 1. The molecule has 0 aliphatic rings. The summed E-state index contributed by atoms with van der Waals surface area (Å²) in [5.74, 6) is -0.730. The van der Waals surface area contributed by atoms with E-state index in [2.05, 4.69) is 10.3 Å². The van der Waals surface area contributed by atoms with E-state index in [1.54, 1.807) is 18.2 Å². The molecule has 3 nitrogen and oxygen atoms in total. The Labute approximate surface area is 103 Å². The lowest BCUT2D eigenvalue weighted by atomic mass is 10.3. The molecule has 0 fully saturated rings. The first-order chi connectivity index (χ1) is 8.67. The van der Waals surface area contributed by atoms with Crippen molar-refractivity contribution >= 4 is 5.69 Å². The molecule has 2 rings (SSSR count). The molecule has 94 valence electrons. The lowest BCUT2D eigenvalue weighted by Crippen LogP contribution is -2.03. The molecule has 0 saturated carbocycles. The fourth-order valence-corrected chi connectivity index (χ4v) is 1.52. The van der Waals surface area contributed by atoms with Crippen LogP contribution < -0.4 is 10.1 Å². The van der Waals surface area contributed by atoms with Crippen LogP contribution in [0.4, 0.5) is 14.5 Å². The summed E-state index contributed by atoms with van der Waals surface area (Å²) >= 11 is 0. The monoisotopic (exact) mass is 250 g/mol. The number of methoxy groups -OCH3 is 1. The molecule has 5 heteroatoms. The van der Waals surface area contributed by atoms with Crippen LogP contribution in [0, 0.1) is 11.6 Å². The molecule has 0 unspecified atom stereocenters. The third-order valence-electron chi connectivity index (χ3n) is 2.33. The van der Waals surface area contributed by atoms with Crippen molar-refractivity contribution in [3.8, 4) is 5.88 Å². The second kappa shape index (κ2) is 5.44. The number of halogens is 2. The largest absolute Gasteiger partial charge is 0.481 e. The lowest BCUT2D eigenvalue weighted by molar-refractivity contribution is 0.396. The van der Waals surface area contributed by atoms with Crippen LogP contribution in [0.2, 0.25) is 0 Å². The van der Waals surface area contributed by atoms with Gasteiger partial charge >= 0.3 is 0 Å². The molecule has 0 atom stereocenters. The summed E-state index contributed by atoms with van der Waals surface area (Å²) in [6.07, 6.45) is 0. The summed E-state index contributed by atoms with van der Waals surface area (Å²) in [6, 6.07) is 8.60. The molecular formula is C13H12F2N2O. The van der Waals surface area contributed by atoms with Crippen LogP contribution in [-0.2, 0) is 6.54 Å². The molecular weight excluding hydrogens is 238 g/mol. The Hall–Kier alpha value is -2.17. The van der Waals surface area contributed by atoms with Crippen LogP contribution in [0.15, 0.2) is 36.4 Å². The zero-order chi connectivity index (χ0) is 13.0. The van der Waals surface area contributed by atoms with E-state index < -0.39 is 11.6 Å². The van der Waals surface area contributed by atoms with Gasteiger partial charge in [0, 0.05) is 17.8 Å². The van der Waals surface area contributed by atoms with Gasteiger partial charge in [-0.15, -0.1) is 0 Å². The smallest absolute Gasteiger partial charge is 0.213 e. The summed E-state index contributed by atoms with van der Waals surface area (Å²) in [7, 11) is 1.53. The van der Waals surface area contributed by atoms with Crippen molar-refractivity contribution in [3.63, 3.8) is 0 Å². The van der Waals surface area contributed by atoms with Crippen LogP contribution in [0.1, 0.15) is 5.69 Å². The van der Waals surface area contributed by atoms with Gasteiger partial charge in [0.1, 0.15) is 11.6 Å². The van der Waals surface area contributed by atoms with Gasteiger partial charge in [-0.2, -0.15) is 0 Å². The highest BCUT2D eigenvalue weighted by atomic mass is 19.1. The van der Waals surface area contributed by atoms with Gasteiger partial charge in [-0.3, -0.25) is 0 Å². The minimum Gasteiger partial charge on any atom is -0.481 e. The highest BCUT2D eigenvalue weighted by Crippen LogP contribution is 2.14. The van der Waals surface area contributed by atoms with E-state index in [0.717, 1.165) is 11.8 Å². The van der Waals surface area contributed by atoms with Gasteiger partial charge in [0.05, 0.1) is 19.3 Å². The number of hydrogen-bond donors (Lipinski definition) is 1. The van der Waals surface area contributed by atoms with Gasteiger partial charge in [0.15, 0.2) is 0 Å². The van der Waals surface area contributed by atoms with E-state index in [0.29, 0.717) is 18.1 Å². The number of rotatable bonds is 4. The first kappa shape index (κ1) is 12.3. The summed E-state index contributed by atoms with van der Waals surface area (Å²) in [6.45, 7) is 0.361. The van der Waals surface area contributed by atoms with Gasteiger partial charge in [0.25, 0.3) is 0 Å².